The summed E-state index contributed by atoms with van der Waals surface area (Å²) in [6, 6.07) is 3.08. The monoisotopic (exact) mass is 200 g/mol. The average molecular weight is 201 g/mol. The van der Waals surface area contributed by atoms with Crippen molar-refractivity contribution in [1.29, 1.82) is 5.26 Å². The third-order valence-electron chi connectivity index (χ3n) is 1.19. The first kappa shape index (κ1) is 8.98. The molecule has 0 aliphatic rings. The van der Waals surface area contributed by atoms with Gasteiger partial charge in [-0.15, -0.1) is 0 Å². The molecule has 1 aromatic rings. The summed E-state index contributed by atoms with van der Waals surface area (Å²) in [4.78, 5) is 14.2. The van der Waals surface area contributed by atoms with Gasteiger partial charge in [-0.3, -0.25) is 4.79 Å². The molecule has 0 radical (unpaired) electrons. The van der Waals surface area contributed by atoms with Crippen LogP contribution in [0.2, 0.25) is 5.15 Å². The lowest BCUT2D eigenvalue weighted by Gasteiger charge is -1.94. The lowest BCUT2D eigenvalue weighted by Crippen LogP contribution is -1.92. The van der Waals surface area contributed by atoms with Gasteiger partial charge in [0.15, 0.2) is 0 Å². The molecule has 0 fully saturated rings. The molecule has 12 heavy (non-hydrogen) atoms. The van der Waals surface area contributed by atoms with Crippen LogP contribution in [0.25, 0.3) is 0 Å². The van der Waals surface area contributed by atoms with Crippen molar-refractivity contribution in [3.8, 4) is 6.07 Å². The molecule has 0 bridgehead atoms. The highest BCUT2D eigenvalue weighted by Crippen LogP contribution is 2.13. The summed E-state index contributed by atoms with van der Waals surface area (Å²) < 4.78 is 0. The third kappa shape index (κ3) is 1.73. The molecule has 0 spiro atoms. The maximum Gasteiger partial charge on any atom is 0.253 e. The van der Waals surface area contributed by atoms with Crippen LogP contribution in [0.5, 0.6) is 0 Å². The van der Waals surface area contributed by atoms with E-state index in [0.717, 1.165) is 0 Å². The van der Waals surface area contributed by atoms with E-state index in [-0.39, 0.29) is 16.3 Å². The molecule has 3 nitrogen and oxygen atoms in total. The number of hydrogen-bond acceptors (Lipinski definition) is 3. The van der Waals surface area contributed by atoms with Crippen molar-refractivity contribution in [2.45, 2.75) is 0 Å². The van der Waals surface area contributed by atoms with Crippen LogP contribution in [0.1, 0.15) is 15.9 Å². The quantitative estimate of drug-likeness (QED) is 0.515. The summed E-state index contributed by atoms with van der Waals surface area (Å²) >= 11 is 10.7. The highest BCUT2D eigenvalue weighted by molar-refractivity contribution is 6.67. The van der Waals surface area contributed by atoms with Crippen LogP contribution >= 0.6 is 23.2 Å². The number of carbonyl (C=O) groups is 1. The highest BCUT2D eigenvalue weighted by atomic mass is 35.5. The number of hydrogen-bond donors (Lipinski definition) is 0. The predicted molar refractivity (Wildman–Crippen MR) is 44.1 cm³/mol. The van der Waals surface area contributed by atoms with Crippen molar-refractivity contribution < 1.29 is 4.79 Å². The van der Waals surface area contributed by atoms with Crippen molar-refractivity contribution in [2.75, 3.05) is 0 Å². The molecule has 0 saturated carbocycles. The molecule has 1 rings (SSSR count). The molecule has 1 heterocycles. The molecule has 0 atom stereocenters. The summed E-state index contributed by atoms with van der Waals surface area (Å²) in [5, 5.41) is 7.91. The van der Waals surface area contributed by atoms with Crippen LogP contribution in [0, 0.1) is 11.3 Å². The van der Waals surface area contributed by atoms with E-state index in [1.165, 1.54) is 12.3 Å². The fourth-order valence-corrected chi connectivity index (χ4v) is 0.883. The first-order valence-corrected chi connectivity index (χ1v) is 3.66. The lowest BCUT2D eigenvalue weighted by molar-refractivity contribution is 0.108. The van der Waals surface area contributed by atoms with Gasteiger partial charge in [0.05, 0.1) is 11.1 Å². The van der Waals surface area contributed by atoms with Crippen LogP contribution in [0.4, 0.5) is 0 Å². The fourth-order valence-electron chi connectivity index (χ4n) is 0.634. The van der Waals surface area contributed by atoms with Crippen molar-refractivity contribution in [3.63, 3.8) is 0 Å². The van der Waals surface area contributed by atoms with E-state index in [1.807, 2.05) is 0 Å². The van der Waals surface area contributed by atoms with Crippen LogP contribution in [-0.4, -0.2) is 10.2 Å². The largest absolute Gasteiger partial charge is 0.276 e. The van der Waals surface area contributed by atoms with Gasteiger partial charge in [-0.25, -0.2) is 4.98 Å². The molecule has 0 saturated heterocycles. The Morgan fingerprint density at radius 1 is 1.67 bits per heavy atom. The molecule has 0 aromatic carbocycles. The Hall–Kier alpha value is -1.11. The highest BCUT2D eigenvalue weighted by Gasteiger charge is 2.06. The van der Waals surface area contributed by atoms with Gasteiger partial charge < -0.3 is 0 Å². The Labute approximate surface area is 78.5 Å². The van der Waals surface area contributed by atoms with Gasteiger partial charge >= 0.3 is 0 Å². The van der Waals surface area contributed by atoms with Gasteiger partial charge in [-0.05, 0) is 17.7 Å². The molecule has 0 aliphatic carbocycles. The molecular weight excluding hydrogens is 199 g/mol. The number of nitrogens with zero attached hydrogens (tertiary/aromatic N) is 2. The lowest BCUT2D eigenvalue weighted by atomic mass is 10.2. The van der Waals surface area contributed by atoms with Gasteiger partial charge in [-0.2, -0.15) is 5.26 Å². The number of nitriles is 1. The van der Waals surface area contributed by atoms with Crippen LogP contribution in [0.15, 0.2) is 12.3 Å². The molecule has 0 amide bonds. The fraction of sp³-hybridized carbons (Fsp3) is 0. The van der Waals surface area contributed by atoms with Crippen LogP contribution in [-0.2, 0) is 0 Å². The SMILES string of the molecule is N#Cc1cc(C(=O)Cl)cnc1Cl. The molecular formula is C7H2Cl2N2O. The van der Waals surface area contributed by atoms with Gasteiger partial charge in [0.25, 0.3) is 5.24 Å². The Balaban J connectivity index is 3.25. The maximum atomic E-state index is 10.6. The number of pyridine rings is 1. The number of carbonyl (C=O) groups excluding carboxylic acids is 1. The van der Waals surface area contributed by atoms with Gasteiger partial charge in [-0.1, -0.05) is 11.6 Å². The van der Waals surface area contributed by atoms with Gasteiger partial charge in [0, 0.05) is 6.20 Å². The molecule has 5 heteroatoms. The number of rotatable bonds is 1. The van der Waals surface area contributed by atoms with Crippen molar-refractivity contribution in [3.05, 3.63) is 28.5 Å². The second kappa shape index (κ2) is 3.53. The normalized spacial score (nSPS) is 9.08. The van der Waals surface area contributed by atoms with E-state index in [9.17, 15) is 4.79 Å². The molecule has 60 valence electrons. The Bertz CT molecular complexity index is 370. The summed E-state index contributed by atoms with van der Waals surface area (Å²) in [5.74, 6) is 0. The van der Waals surface area contributed by atoms with Crippen molar-refractivity contribution >= 4 is 28.4 Å². The van der Waals surface area contributed by atoms with Crippen LogP contribution in [0.3, 0.4) is 0 Å². The molecule has 0 unspecified atom stereocenters. The van der Waals surface area contributed by atoms with Crippen molar-refractivity contribution in [2.24, 2.45) is 0 Å². The van der Waals surface area contributed by atoms with E-state index in [0.29, 0.717) is 0 Å². The van der Waals surface area contributed by atoms with E-state index < -0.39 is 5.24 Å². The zero-order valence-electron chi connectivity index (χ0n) is 5.71. The zero-order valence-corrected chi connectivity index (χ0v) is 7.23. The Kier molecular flexibility index (Phi) is 2.64. The van der Waals surface area contributed by atoms with Crippen LogP contribution < -0.4 is 0 Å². The summed E-state index contributed by atoms with van der Waals surface area (Å²) in [6.07, 6.45) is 1.22. The Morgan fingerprint density at radius 3 is 2.83 bits per heavy atom. The zero-order chi connectivity index (χ0) is 9.14. The minimum Gasteiger partial charge on any atom is -0.276 e. The second-order valence-corrected chi connectivity index (χ2v) is 2.65. The standard InChI is InChI=1S/C7H2Cl2N2O/c8-6-4(2-10)1-5(3-11-6)7(9)12/h1,3H. The minimum atomic E-state index is -0.657. The average Bonchev–Trinajstić information content (AvgIpc) is 2.05. The predicted octanol–water partition coefficient (Wildman–Crippen LogP) is 1.99. The van der Waals surface area contributed by atoms with Gasteiger partial charge in [0.1, 0.15) is 11.2 Å². The topological polar surface area (TPSA) is 53.8 Å². The van der Waals surface area contributed by atoms with Crippen molar-refractivity contribution in [1.82, 2.24) is 4.98 Å². The number of halogens is 2. The minimum absolute atomic E-state index is 0.0687. The third-order valence-corrected chi connectivity index (χ3v) is 1.71. The maximum absolute atomic E-state index is 10.6. The van der Waals surface area contributed by atoms with Gasteiger partial charge in [0.2, 0.25) is 0 Å². The summed E-state index contributed by atoms with van der Waals surface area (Å²) in [7, 11) is 0. The smallest absolute Gasteiger partial charge is 0.253 e. The van der Waals surface area contributed by atoms with E-state index in [1.54, 1.807) is 6.07 Å². The molecule has 0 N–H and O–H groups in total. The number of aromatic nitrogens is 1. The van der Waals surface area contributed by atoms with E-state index in [2.05, 4.69) is 4.98 Å². The summed E-state index contributed by atoms with van der Waals surface area (Å²) in [5.41, 5.74) is 0.306. The molecule has 0 aliphatic heterocycles. The Morgan fingerprint density at radius 2 is 2.33 bits per heavy atom. The first-order chi connectivity index (χ1) is 5.65. The van der Waals surface area contributed by atoms with E-state index >= 15 is 0 Å². The molecule has 1 aromatic heterocycles. The summed E-state index contributed by atoms with van der Waals surface area (Å²) in [6.45, 7) is 0. The second-order valence-electron chi connectivity index (χ2n) is 1.95. The first-order valence-electron chi connectivity index (χ1n) is 2.90. The van der Waals surface area contributed by atoms with E-state index in [4.69, 9.17) is 28.5 Å².